The molecule has 2 heterocycles. The van der Waals surface area contributed by atoms with Gasteiger partial charge in [0.05, 0.1) is 20.1 Å². The number of hydrogen-bond acceptors (Lipinski definition) is 7. The number of unbranched alkanes of at least 4 members (excludes halogenated alkanes) is 2. The number of alkyl halides is 8. The van der Waals surface area contributed by atoms with E-state index in [1.807, 2.05) is 0 Å². The average molecular weight is 717 g/mol. The number of furan rings is 1. The van der Waals surface area contributed by atoms with Crippen molar-refractivity contribution in [3.8, 4) is 22.8 Å². The molecular weight excluding hydrogens is 676 g/mol. The molecule has 0 atom stereocenters. The Bertz CT molecular complexity index is 1550. The summed E-state index contributed by atoms with van der Waals surface area (Å²) in [5.74, 6) is -23.2. The van der Waals surface area contributed by atoms with Gasteiger partial charge in [-0.15, -0.1) is 0 Å². The van der Waals surface area contributed by atoms with Crippen molar-refractivity contribution in [2.45, 2.75) is 95.6 Å². The van der Waals surface area contributed by atoms with Gasteiger partial charge in [-0.3, -0.25) is 0 Å². The second-order valence-corrected chi connectivity index (χ2v) is 14.7. The quantitative estimate of drug-likeness (QED) is 0.0499. The van der Waals surface area contributed by atoms with E-state index >= 15 is 0 Å². The number of hydrogen-bond donors (Lipinski definition) is 0. The van der Waals surface area contributed by atoms with Gasteiger partial charge in [-0.25, -0.2) is 4.79 Å². The predicted molar refractivity (Wildman–Crippen MR) is 164 cm³/mol. The summed E-state index contributed by atoms with van der Waals surface area (Å²) in [6.07, 6.45) is -0.420. The smallest absolute Gasteiger partial charge is 0.378 e. The summed E-state index contributed by atoms with van der Waals surface area (Å²) in [5, 5.41) is 0.342. The monoisotopic (exact) mass is 716 g/mol. The normalized spacial score (nSPS) is 13.4. The summed E-state index contributed by atoms with van der Waals surface area (Å²) in [7, 11) is -2.05. The van der Waals surface area contributed by atoms with Gasteiger partial charge in [0, 0.05) is 43.6 Å². The van der Waals surface area contributed by atoms with E-state index in [4.69, 9.17) is 27.2 Å². The van der Waals surface area contributed by atoms with Gasteiger partial charge in [-0.2, -0.15) is 35.1 Å². The van der Waals surface area contributed by atoms with Crippen molar-refractivity contribution in [3.63, 3.8) is 0 Å². The Hall–Kier alpha value is -3.11. The van der Waals surface area contributed by atoms with Crippen molar-refractivity contribution in [2.24, 2.45) is 0 Å². The number of ether oxygens (including phenoxy) is 2. The second-order valence-electron chi connectivity index (χ2n) is 11.4. The van der Waals surface area contributed by atoms with Crippen molar-refractivity contribution in [1.29, 1.82) is 0 Å². The zero-order valence-corrected chi connectivity index (χ0v) is 28.3. The lowest BCUT2D eigenvalue weighted by atomic mass is 9.95. The van der Waals surface area contributed by atoms with Crippen LogP contribution in [0, 0.1) is 0 Å². The molecule has 3 aromatic rings. The number of rotatable bonds is 20. The van der Waals surface area contributed by atoms with Crippen molar-refractivity contribution < 1.29 is 62.3 Å². The summed E-state index contributed by atoms with van der Waals surface area (Å²) in [6.45, 7) is 5.06. The first-order chi connectivity index (χ1) is 22.4. The first kappa shape index (κ1) is 39.3. The largest absolute Gasteiger partial charge is 0.493 e. The Kier molecular flexibility index (Phi) is 12.8. The lowest BCUT2D eigenvalue weighted by Crippen LogP contribution is -2.62. The van der Waals surface area contributed by atoms with E-state index in [0.29, 0.717) is 23.3 Å². The molecule has 0 unspecified atom stereocenters. The van der Waals surface area contributed by atoms with Gasteiger partial charge in [0.1, 0.15) is 22.7 Å². The van der Waals surface area contributed by atoms with Crippen LogP contribution in [0.1, 0.15) is 58.6 Å². The number of halogens is 8. The van der Waals surface area contributed by atoms with E-state index in [-0.39, 0.29) is 35.9 Å². The molecule has 0 fully saturated rings. The Labute approximate surface area is 273 Å². The number of benzene rings is 1. The Morgan fingerprint density at radius 1 is 0.812 bits per heavy atom. The van der Waals surface area contributed by atoms with Gasteiger partial charge >= 0.3 is 37.9 Å². The molecular formula is C32H40F8O7Si. The number of methoxy groups -OCH3 is 1. The maximum absolute atomic E-state index is 14.5. The highest BCUT2D eigenvalue weighted by Crippen LogP contribution is 2.55. The van der Waals surface area contributed by atoms with E-state index in [9.17, 15) is 39.9 Å². The van der Waals surface area contributed by atoms with E-state index < -0.39 is 63.4 Å². The molecule has 0 saturated heterocycles. The molecule has 0 saturated carbocycles. The molecule has 0 aliphatic rings. The zero-order chi connectivity index (χ0) is 36.0. The Morgan fingerprint density at radius 3 is 2.02 bits per heavy atom. The number of aryl methyl sites for hydroxylation is 1. The van der Waals surface area contributed by atoms with Crippen LogP contribution in [-0.2, 0) is 15.3 Å². The van der Waals surface area contributed by atoms with Crippen LogP contribution in [0.3, 0.4) is 0 Å². The molecule has 3 rings (SSSR count). The van der Waals surface area contributed by atoms with Gasteiger partial charge in [0.2, 0.25) is 0 Å². The van der Waals surface area contributed by atoms with Crippen LogP contribution in [0.25, 0.3) is 22.3 Å². The molecule has 0 N–H and O–H groups in total. The van der Waals surface area contributed by atoms with E-state index in [0.717, 1.165) is 25.3 Å². The van der Waals surface area contributed by atoms with Crippen LogP contribution in [0.4, 0.5) is 35.1 Å². The third-order valence-corrected chi connectivity index (χ3v) is 10.7. The molecule has 48 heavy (non-hydrogen) atoms. The molecule has 270 valence electrons. The number of fused-ring (bicyclic) bond motifs is 1. The summed E-state index contributed by atoms with van der Waals surface area (Å²) in [5.41, 5.74) is -0.878. The third kappa shape index (κ3) is 8.54. The minimum atomic E-state index is -6.45. The highest BCUT2D eigenvalue weighted by Gasteiger charge is 2.79. The molecule has 7 nitrogen and oxygen atoms in total. The van der Waals surface area contributed by atoms with E-state index in [1.54, 1.807) is 6.07 Å². The van der Waals surface area contributed by atoms with Crippen LogP contribution >= 0.6 is 0 Å². The molecule has 2 aromatic heterocycles. The summed E-state index contributed by atoms with van der Waals surface area (Å²) < 4.78 is 148. The fraction of sp³-hybridized carbons (Fsp3) is 0.594. The Morgan fingerprint density at radius 2 is 1.44 bits per heavy atom. The highest BCUT2D eigenvalue weighted by atomic mass is 28.4. The fourth-order valence-electron chi connectivity index (χ4n) is 5.03. The molecule has 0 bridgehead atoms. The highest BCUT2D eigenvalue weighted by molar-refractivity contribution is 6.66. The molecule has 0 amide bonds. The van der Waals surface area contributed by atoms with Gasteiger partial charge in [0.25, 0.3) is 0 Å². The standard InChI is InChI=1S/C32H40F8O7Si/c1-6-9-10-11-23-20-26(42-4)27(46-23)24-18-21-12-13-22(19-25(21)47-28(24)41)43-16-14-29(33,34)31(37,38)32(39,40)30(35,36)15-17-48(5,44-7-2)45-8-3/h12-13,18-20H,6-11,14-17H2,1-5H3. The van der Waals surface area contributed by atoms with E-state index in [2.05, 4.69) is 6.92 Å². The van der Waals surface area contributed by atoms with Crippen LogP contribution < -0.4 is 15.1 Å². The molecule has 0 radical (unpaired) electrons. The van der Waals surface area contributed by atoms with E-state index in [1.165, 1.54) is 45.7 Å². The molecule has 0 spiro atoms. The molecule has 0 aliphatic carbocycles. The lowest BCUT2D eigenvalue weighted by molar-refractivity contribution is -0.367. The summed E-state index contributed by atoms with van der Waals surface area (Å²) >= 11 is 0. The SMILES string of the molecule is CCCCCc1cc(OC)c(-c2cc3ccc(OCCC(F)(F)C(F)(F)C(F)(F)C(F)(F)CC[Si](C)(OCC)OCC)cc3oc2=O)o1. The fourth-order valence-corrected chi connectivity index (χ4v) is 7.39. The molecule has 16 heteroatoms. The van der Waals surface area contributed by atoms with Crippen LogP contribution in [0.15, 0.2) is 44.0 Å². The summed E-state index contributed by atoms with van der Waals surface area (Å²) in [4.78, 5) is 12.8. The maximum atomic E-state index is 14.5. The average Bonchev–Trinajstić information content (AvgIpc) is 3.42. The third-order valence-electron chi connectivity index (χ3n) is 7.74. The van der Waals surface area contributed by atoms with Gasteiger partial charge in [-0.1, -0.05) is 19.8 Å². The molecule has 1 aromatic carbocycles. The van der Waals surface area contributed by atoms with Crippen LogP contribution in [0.2, 0.25) is 12.6 Å². The predicted octanol–water partition coefficient (Wildman–Crippen LogP) is 9.64. The van der Waals surface area contributed by atoms with Crippen molar-refractivity contribution in [1.82, 2.24) is 0 Å². The van der Waals surface area contributed by atoms with Crippen molar-refractivity contribution in [3.05, 3.63) is 46.5 Å². The van der Waals surface area contributed by atoms with Crippen molar-refractivity contribution in [2.75, 3.05) is 26.9 Å². The Balaban J connectivity index is 1.73. The second kappa shape index (κ2) is 15.6. The minimum absolute atomic E-state index is 0.0104. The minimum Gasteiger partial charge on any atom is -0.493 e. The van der Waals surface area contributed by atoms with Crippen LogP contribution in [0.5, 0.6) is 11.5 Å². The zero-order valence-electron chi connectivity index (χ0n) is 27.3. The van der Waals surface area contributed by atoms with Gasteiger partial charge in [-0.05, 0) is 51.1 Å². The topological polar surface area (TPSA) is 80.3 Å². The van der Waals surface area contributed by atoms with Gasteiger partial charge in [0.15, 0.2) is 11.5 Å². The first-order valence-corrected chi connectivity index (χ1v) is 18.1. The van der Waals surface area contributed by atoms with Gasteiger partial charge < -0.3 is 27.2 Å². The first-order valence-electron chi connectivity index (χ1n) is 15.6. The molecule has 0 aliphatic heterocycles. The maximum Gasteiger partial charge on any atom is 0.378 e. The van der Waals surface area contributed by atoms with Crippen LogP contribution in [-0.4, -0.2) is 59.2 Å². The summed E-state index contributed by atoms with van der Waals surface area (Å²) in [6, 6.07) is 5.98. The van der Waals surface area contributed by atoms with Crippen molar-refractivity contribution >= 4 is 19.5 Å². The lowest BCUT2D eigenvalue weighted by Gasteiger charge is -2.37.